The van der Waals surface area contributed by atoms with E-state index in [0.717, 1.165) is 25.7 Å². The van der Waals surface area contributed by atoms with Crippen molar-refractivity contribution in [2.24, 2.45) is 0 Å². The van der Waals surface area contributed by atoms with Gasteiger partial charge in [-0.15, -0.1) is 0 Å². The van der Waals surface area contributed by atoms with Gasteiger partial charge in [0.1, 0.15) is 24.0 Å². The molecule has 1 unspecified atom stereocenters. The van der Waals surface area contributed by atoms with Gasteiger partial charge < -0.3 is 15.2 Å². The number of ether oxygens (including phenoxy) is 1. The maximum absolute atomic E-state index is 11.7. The van der Waals surface area contributed by atoms with Gasteiger partial charge >= 0.3 is 6.03 Å². The van der Waals surface area contributed by atoms with Crippen LogP contribution in [0.5, 0.6) is 5.88 Å². The summed E-state index contributed by atoms with van der Waals surface area (Å²) < 4.78 is 5.83. The highest BCUT2D eigenvalue weighted by Gasteiger charge is 2.37. The van der Waals surface area contributed by atoms with E-state index < -0.39 is 6.23 Å². The number of hydrogen-bond acceptors (Lipinski definition) is 5. The van der Waals surface area contributed by atoms with Gasteiger partial charge in [-0.05, 0) is 37.8 Å². The van der Waals surface area contributed by atoms with Gasteiger partial charge in [-0.2, -0.15) is 5.26 Å². The first-order valence-electron chi connectivity index (χ1n) is 7.45. The Labute approximate surface area is 128 Å². The van der Waals surface area contributed by atoms with Crippen molar-refractivity contribution >= 4 is 6.03 Å². The number of rotatable bonds is 3. The molecule has 1 atom stereocenters. The minimum atomic E-state index is -0.740. The van der Waals surface area contributed by atoms with Crippen LogP contribution < -0.4 is 10.1 Å². The zero-order chi connectivity index (χ0) is 15.5. The molecule has 1 aromatic rings. The van der Waals surface area contributed by atoms with Crippen molar-refractivity contribution < 1.29 is 14.6 Å². The van der Waals surface area contributed by atoms with E-state index in [1.807, 2.05) is 0 Å². The van der Waals surface area contributed by atoms with Gasteiger partial charge in [0, 0.05) is 12.2 Å². The molecule has 116 valence electrons. The number of aromatic nitrogens is 1. The fourth-order valence-electron chi connectivity index (χ4n) is 3.08. The molecule has 1 aliphatic heterocycles. The van der Waals surface area contributed by atoms with Gasteiger partial charge in [0.15, 0.2) is 0 Å². The van der Waals surface area contributed by atoms with E-state index in [2.05, 4.69) is 16.4 Å². The predicted octanol–water partition coefficient (Wildman–Crippen LogP) is 0.987. The van der Waals surface area contributed by atoms with Gasteiger partial charge in [-0.1, -0.05) is 0 Å². The lowest BCUT2D eigenvalue weighted by atomic mass is 9.92. The average molecular weight is 302 g/mol. The maximum atomic E-state index is 11.7. The fraction of sp³-hybridized carbons (Fsp3) is 0.533. The zero-order valence-corrected chi connectivity index (χ0v) is 12.1. The van der Waals surface area contributed by atoms with Crippen LogP contribution in [0.3, 0.4) is 0 Å². The van der Waals surface area contributed by atoms with Gasteiger partial charge in [-0.25, -0.2) is 9.78 Å². The molecule has 1 saturated carbocycles. The van der Waals surface area contributed by atoms with Crippen molar-refractivity contribution in [3.63, 3.8) is 0 Å². The number of urea groups is 1. The number of carbonyl (C=O) groups is 1. The van der Waals surface area contributed by atoms with Gasteiger partial charge in [-0.3, -0.25) is 4.90 Å². The summed E-state index contributed by atoms with van der Waals surface area (Å²) in [5, 5.41) is 21.5. The second-order valence-electron chi connectivity index (χ2n) is 5.59. The predicted molar refractivity (Wildman–Crippen MR) is 76.9 cm³/mol. The number of β-amino-alcohol motifs (C(OH)–C–C–N with tert-alkyl or cyclic N) is 1. The Bertz CT molecular complexity index is 593. The molecule has 2 N–H and O–H groups in total. The minimum absolute atomic E-state index is 0.0129. The third-order valence-electron chi connectivity index (χ3n) is 4.20. The van der Waals surface area contributed by atoms with Crippen LogP contribution in [-0.2, 0) is 0 Å². The van der Waals surface area contributed by atoms with Crippen molar-refractivity contribution in [2.75, 3.05) is 6.54 Å². The van der Waals surface area contributed by atoms with Crippen molar-refractivity contribution in [1.82, 2.24) is 15.2 Å². The molecule has 2 fully saturated rings. The third-order valence-corrected chi connectivity index (χ3v) is 4.20. The van der Waals surface area contributed by atoms with Crippen molar-refractivity contribution in [3.05, 3.63) is 23.9 Å². The number of pyridine rings is 1. The smallest absolute Gasteiger partial charge is 0.319 e. The highest BCUT2D eigenvalue weighted by molar-refractivity contribution is 5.76. The number of carbonyl (C=O) groups excluding carboxylic acids is 1. The number of nitriles is 1. The Kier molecular flexibility index (Phi) is 4.11. The molecule has 22 heavy (non-hydrogen) atoms. The van der Waals surface area contributed by atoms with Crippen LogP contribution >= 0.6 is 0 Å². The van der Waals surface area contributed by atoms with E-state index in [-0.39, 0.29) is 24.7 Å². The standard InChI is InChI=1S/C15H18N4O3/c16-8-10-2-1-7-17-14(10)22-12-5-3-11(4-6-12)19-13(20)9-18-15(19)21/h1-2,7,11-13,20H,3-6,9H2,(H,18,21)/t11-,12-,13?. The van der Waals surface area contributed by atoms with Gasteiger partial charge in [0.25, 0.3) is 0 Å². The van der Waals surface area contributed by atoms with E-state index in [1.54, 1.807) is 18.3 Å². The first-order valence-corrected chi connectivity index (χ1v) is 7.45. The lowest BCUT2D eigenvalue weighted by Gasteiger charge is -2.35. The summed E-state index contributed by atoms with van der Waals surface area (Å²) in [6.45, 7) is 0.286. The number of aliphatic hydroxyl groups excluding tert-OH is 1. The summed E-state index contributed by atoms with van der Waals surface area (Å²) in [6, 6.07) is 5.29. The monoisotopic (exact) mass is 302 g/mol. The summed E-state index contributed by atoms with van der Waals surface area (Å²) in [4.78, 5) is 17.3. The van der Waals surface area contributed by atoms with E-state index in [9.17, 15) is 9.90 Å². The van der Waals surface area contributed by atoms with Crippen molar-refractivity contribution in [2.45, 2.75) is 44.1 Å². The first-order chi connectivity index (χ1) is 10.7. The molecule has 7 nitrogen and oxygen atoms in total. The molecule has 1 aliphatic carbocycles. The summed E-state index contributed by atoms with van der Waals surface area (Å²) in [6.07, 6.45) is 3.92. The van der Waals surface area contributed by atoms with Crippen LogP contribution in [-0.4, -0.2) is 45.9 Å². The van der Waals surface area contributed by atoms with Crippen molar-refractivity contribution in [3.8, 4) is 11.9 Å². The van der Waals surface area contributed by atoms with Crippen LogP contribution in [0.4, 0.5) is 4.79 Å². The topological polar surface area (TPSA) is 98.5 Å². The molecule has 0 aromatic carbocycles. The van der Waals surface area contributed by atoms with Crippen LogP contribution in [0.1, 0.15) is 31.2 Å². The van der Waals surface area contributed by atoms with Crippen LogP contribution in [0.2, 0.25) is 0 Å². The van der Waals surface area contributed by atoms with Crippen molar-refractivity contribution in [1.29, 1.82) is 5.26 Å². The van der Waals surface area contributed by atoms with E-state index >= 15 is 0 Å². The molecule has 0 radical (unpaired) electrons. The third kappa shape index (κ3) is 2.83. The second kappa shape index (κ2) is 6.20. The van der Waals surface area contributed by atoms with E-state index in [4.69, 9.17) is 10.00 Å². The molecule has 1 aromatic heterocycles. The van der Waals surface area contributed by atoms with Crippen LogP contribution in [0, 0.1) is 11.3 Å². The molecule has 0 bridgehead atoms. The highest BCUT2D eigenvalue weighted by atomic mass is 16.5. The van der Waals surface area contributed by atoms with Crippen LogP contribution in [0.15, 0.2) is 18.3 Å². The summed E-state index contributed by atoms with van der Waals surface area (Å²) >= 11 is 0. The quantitative estimate of drug-likeness (QED) is 0.867. The number of aliphatic hydroxyl groups is 1. The highest BCUT2D eigenvalue weighted by Crippen LogP contribution is 2.28. The van der Waals surface area contributed by atoms with Gasteiger partial charge in [0.05, 0.1) is 6.54 Å². The lowest BCUT2D eigenvalue weighted by molar-refractivity contribution is 0.0138. The zero-order valence-electron chi connectivity index (χ0n) is 12.1. The summed E-state index contributed by atoms with van der Waals surface area (Å²) in [5.74, 6) is 0.368. The summed E-state index contributed by atoms with van der Waals surface area (Å²) in [7, 11) is 0. The van der Waals surface area contributed by atoms with Crippen LogP contribution in [0.25, 0.3) is 0 Å². The molecule has 0 spiro atoms. The molecular formula is C15H18N4O3. The fourth-order valence-corrected chi connectivity index (χ4v) is 3.08. The molecule has 2 aliphatic rings. The van der Waals surface area contributed by atoms with E-state index in [0.29, 0.717) is 11.4 Å². The first kappa shape index (κ1) is 14.6. The Balaban J connectivity index is 1.58. The minimum Gasteiger partial charge on any atom is -0.473 e. The maximum Gasteiger partial charge on any atom is 0.319 e. The number of nitrogens with zero attached hydrogens (tertiary/aromatic N) is 3. The summed E-state index contributed by atoms with van der Waals surface area (Å²) in [5.41, 5.74) is 0.430. The average Bonchev–Trinajstić information content (AvgIpc) is 2.88. The normalized spacial score (nSPS) is 28.1. The lowest BCUT2D eigenvalue weighted by Crippen LogP contribution is -2.45. The Morgan fingerprint density at radius 1 is 1.41 bits per heavy atom. The Hall–Kier alpha value is -2.33. The molecule has 7 heteroatoms. The molecular weight excluding hydrogens is 284 g/mol. The Morgan fingerprint density at radius 2 is 2.18 bits per heavy atom. The number of nitrogens with one attached hydrogen (secondary N) is 1. The molecule has 1 saturated heterocycles. The second-order valence-corrected chi connectivity index (χ2v) is 5.59. The Morgan fingerprint density at radius 3 is 2.82 bits per heavy atom. The SMILES string of the molecule is N#Cc1cccnc1O[C@H]1CC[C@H](N2C(=O)NCC2O)CC1. The molecule has 2 amide bonds. The molecule has 2 heterocycles. The van der Waals surface area contributed by atoms with E-state index in [1.165, 1.54) is 4.90 Å². The number of hydrogen-bond donors (Lipinski definition) is 2. The molecule has 3 rings (SSSR count). The van der Waals surface area contributed by atoms with Gasteiger partial charge in [0.2, 0.25) is 5.88 Å². The largest absolute Gasteiger partial charge is 0.473 e. The number of amides is 2.